The third kappa shape index (κ3) is 5.29. The van der Waals surface area contributed by atoms with Crippen LogP contribution in [0.1, 0.15) is 34.6 Å². The van der Waals surface area contributed by atoms with E-state index < -0.39 is 11.7 Å². The lowest BCUT2D eigenvalue weighted by molar-refractivity contribution is 0.0541. The van der Waals surface area contributed by atoms with Crippen LogP contribution in [0.2, 0.25) is 0 Å². The molecule has 1 aromatic rings. The summed E-state index contributed by atoms with van der Waals surface area (Å²) in [5, 5.41) is 0. The second-order valence-corrected chi connectivity index (χ2v) is 5.17. The molecule has 0 aromatic carbocycles. The minimum Gasteiger partial charge on any atom is -0.443 e. The standard InChI is InChI=1S/C13H23N5O2/c1-6-18(7-2)11-14-9-8-10(15-11)16-17-12(19)20-13(3,4)5/h8-9H,6-7H2,1-5H3,(H,17,19)(H,14,15,16). The molecule has 0 fully saturated rings. The lowest BCUT2D eigenvalue weighted by Crippen LogP contribution is -2.36. The summed E-state index contributed by atoms with van der Waals surface area (Å²) in [6, 6.07) is 1.67. The molecule has 1 rings (SSSR count). The van der Waals surface area contributed by atoms with E-state index in [-0.39, 0.29) is 0 Å². The van der Waals surface area contributed by atoms with E-state index in [0.29, 0.717) is 11.8 Å². The fourth-order valence-corrected chi connectivity index (χ4v) is 1.50. The zero-order valence-corrected chi connectivity index (χ0v) is 12.7. The monoisotopic (exact) mass is 281 g/mol. The molecule has 1 heterocycles. The maximum atomic E-state index is 11.5. The van der Waals surface area contributed by atoms with Crippen molar-refractivity contribution in [1.82, 2.24) is 15.4 Å². The van der Waals surface area contributed by atoms with Crippen LogP contribution in [-0.4, -0.2) is 34.8 Å². The predicted octanol–water partition coefficient (Wildman–Crippen LogP) is 2.17. The molecule has 0 saturated carbocycles. The normalized spacial score (nSPS) is 10.8. The minimum atomic E-state index is -0.555. The number of carbonyl (C=O) groups is 1. The number of carbonyl (C=O) groups excluding carboxylic acids is 1. The maximum absolute atomic E-state index is 11.5. The van der Waals surface area contributed by atoms with Crippen molar-refractivity contribution >= 4 is 17.9 Å². The fraction of sp³-hybridized carbons (Fsp3) is 0.615. The SMILES string of the molecule is CCN(CC)c1nccc(NNC(=O)OC(C)(C)C)n1. The van der Waals surface area contributed by atoms with E-state index in [9.17, 15) is 4.79 Å². The highest BCUT2D eigenvalue weighted by molar-refractivity contribution is 5.69. The smallest absolute Gasteiger partial charge is 0.426 e. The number of hydrogen-bond donors (Lipinski definition) is 2. The first-order chi connectivity index (χ1) is 9.35. The van der Waals surface area contributed by atoms with Gasteiger partial charge in [-0.3, -0.25) is 5.43 Å². The Morgan fingerprint density at radius 2 is 2.00 bits per heavy atom. The number of nitrogens with one attached hydrogen (secondary N) is 2. The van der Waals surface area contributed by atoms with Gasteiger partial charge < -0.3 is 9.64 Å². The summed E-state index contributed by atoms with van der Waals surface area (Å²) in [6.07, 6.45) is 1.08. The second kappa shape index (κ2) is 6.93. The average molecular weight is 281 g/mol. The van der Waals surface area contributed by atoms with Crippen molar-refractivity contribution in [2.24, 2.45) is 0 Å². The van der Waals surface area contributed by atoms with Crippen LogP contribution in [0, 0.1) is 0 Å². The van der Waals surface area contributed by atoms with Crippen LogP contribution >= 0.6 is 0 Å². The summed E-state index contributed by atoms with van der Waals surface area (Å²) >= 11 is 0. The maximum Gasteiger partial charge on any atom is 0.426 e. The first kappa shape index (κ1) is 16.0. The molecule has 0 radical (unpaired) electrons. The highest BCUT2D eigenvalue weighted by Gasteiger charge is 2.16. The van der Waals surface area contributed by atoms with Gasteiger partial charge in [0.25, 0.3) is 0 Å². The molecule has 7 heteroatoms. The van der Waals surface area contributed by atoms with Gasteiger partial charge in [-0.05, 0) is 34.6 Å². The average Bonchev–Trinajstić information content (AvgIpc) is 2.36. The number of nitrogens with zero attached hydrogens (tertiary/aromatic N) is 3. The minimum absolute atomic E-state index is 0.507. The van der Waals surface area contributed by atoms with Crippen LogP contribution in [0.3, 0.4) is 0 Å². The highest BCUT2D eigenvalue weighted by Crippen LogP contribution is 2.10. The van der Waals surface area contributed by atoms with Crippen LogP contribution in [0.4, 0.5) is 16.6 Å². The van der Waals surface area contributed by atoms with Gasteiger partial charge in [-0.2, -0.15) is 4.98 Å². The van der Waals surface area contributed by atoms with Gasteiger partial charge in [0.1, 0.15) is 11.4 Å². The van der Waals surface area contributed by atoms with Gasteiger partial charge in [-0.1, -0.05) is 0 Å². The van der Waals surface area contributed by atoms with Crippen LogP contribution in [0.25, 0.3) is 0 Å². The van der Waals surface area contributed by atoms with Gasteiger partial charge >= 0.3 is 6.09 Å². The Hall–Kier alpha value is -2.05. The number of amides is 1. The quantitative estimate of drug-likeness (QED) is 0.805. The summed E-state index contributed by atoms with van der Waals surface area (Å²) in [5.74, 6) is 1.12. The molecular formula is C13H23N5O2. The van der Waals surface area contributed by atoms with E-state index >= 15 is 0 Å². The number of anilines is 2. The van der Waals surface area contributed by atoms with Crippen molar-refractivity contribution < 1.29 is 9.53 Å². The van der Waals surface area contributed by atoms with Crippen LogP contribution in [-0.2, 0) is 4.74 Å². The van der Waals surface area contributed by atoms with Crippen molar-refractivity contribution in [2.75, 3.05) is 23.4 Å². The van der Waals surface area contributed by atoms with E-state index in [4.69, 9.17) is 4.74 Å². The number of hydrogen-bond acceptors (Lipinski definition) is 6. The van der Waals surface area contributed by atoms with E-state index in [1.807, 2.05) is 18.7 Å². The van der Waals surface area contributed by atoms with Crippen molar-refractivity contribution in [3.8, 4) is 0 Å². The van der Waals surface area contributed by atoms with Crippen molar-refractivity contribution in [3.05, 3.63) is 12.3 Å². The Balaban J connectivity index is 2.61. The summed E-state index contributed by atoms with van der Waals surface area (Å²) in [5.41, 5.74) is 4.61. The van der Waals surface area contributed by atoms with E-state index in [1.165, 1.54) is 0 Å². The van der Waals surface area contributed by atoms with Gasteiger partial charge in [-0.25, -0.2) is 15.2 Å². The third-order valence-electron chi connectivity index (χ3n) is 2.38. The summed E-state index contributed by atoms with van der Waals surface area (Å²) in [7, 11) is 0. The van der Waals surface area contributed by atoms with Gasteiger partial charge in [0, 0.05) is 25.4 Å². The fourth-order valence-electron chi connectivity index (χ4n) is 1.50. The van der Waals surface area contributed by atoms with Crippen molar-refractivity contribution in [2.45, 2.75) is 40.2 Å². The third-order valence-corrected chi connectivity index (χ3v) is 2.38. The molecule has 0 aliphatic heterocycles. The molecule has 0 bridgehead atoms. The molecular weight excluding hydrogens is 258 g/mol. The molecule has 20 heavy (non-hydrogen) atoms. The molecule has 0 aliphatic rings. The first-order valence-electron chi connectivity index (χ1n) is 6.68. The Labute approximate surface area is 119 Å². The molecule has 0 unspecified atom stereocenters. The molecule has 0 atom stereocenters. The molecule has 2 N–H and O–H groups in total. The van der Waals surface area contributed by atoms with Crippen LogP contribution < -0.4 is 15.8 Å². The van der Waals surface area contributed by atoms with E-state index in [2.05, 4.69) is 20.8 Å². The Kier molecular flexibility index (Phi) is 5.54. The number of rotatable bonds is 5. The topological polar surface area (TPSA) is 79.4 Å². The van der Waals surface area contributed by atoms with Gasteiger partial charge in [0.2, 0.25) is 5.95 Å². The van der Waals surface area contributed by atoms with Crippen molar-refractivity contribution in [1.29, 1.82) is 0 Å². The zero-order chi connectivity index (χ0) is 15.2. The van der Waals surface area contributed by atoms with Gasteiger partial charge in [0.05, 0.1) is 0 Å². The largest absolute Gasteiger partial charge is 0.443 e. The molecule has 112 valence electrons. The Morgan fingerprint density at radius 3 is 2.55 bits per heavy atom. The molecule has 0 aliphatic carbocycles. The summed E-state index contributed by atoms with van der Waals surface area (Å²) < 4.78 is 5.11. The Morgan fingerprint density at radius 1 is 1.35 bits per heavy atom. The molecule has 0 spiro atoms. The Bertz CT molecular complexity index is 441. The lowest BCUT2D eigenvalue weighted by Gasteiger charge is -2.21. The number of aromatic nitrogens is 2. The van der Waals surface area contributed by atoms with E-state index in [1.54, 1.807) is 33.0 Å². The highest BCUT2D eigenvalue weighted by atomic mass is 16.6. The number of ether oxygens (including phenoxy) is 1. The van der Waals surface area contributed by atoms with Crippen LogP contribution in [0.5, 0.6) is 0 Å². The molecule has 0 saturated heterocycles. The number of hydrazine groups is 1. The molecule has 1 amide bonds. The summed E-state index contributed by atoms with van der Waals surface area (Å²) in [4.78, 5) is 22.0. The first-order valence-corrected chi connectivity index (χ1v) is 6.68. The summed E-state index contributed by atoms with van der Waals surface area (Å²) in [6.45, 7) is 11.1. The molecule has 7 nitrogen and oxygen atoms in total. The van der Waals surface area contributed by atoms with Crippen molar-refractivity contribution in [3.63, 3.8) is 0 Å². The van der Waals surface area contributed by atoms with E-state index in [0.717, 1.165) is 13.1 Å². The predicted molar refractivity (Wildman–Crippen MR) is 78.6 cm³/mol. The van der Waals surface area contributed by atoms with Crippen LogP contribution in [0.15, 0.2) is 12.3 Å². The zero-order valence-electron chi connectivity index (χ0n) is 12.7. The van der Waals surface area contributed by atoms with Gasteiger partial charge in [0.15, 0.2) is 0 Å². The lowest BCUT2D eigenvalue weighted by atomic mass is 10.2. The molecule has 1 aromatic heterocycles. The second-order valence-electron chi connectivity index (χ2n) is 5.17. The van der Waals surface area contributed by atoms with Gasteiger partial charge in [-0.15, -0.1) is 0 Å².